The van der Waals surface area contributed by atoms with Crippen LogP contribution in [0.1, 0.15) is 25.7 Å². The van der Waals surface area contributed by atoms with Crippen LogP contribution in [-0.4, -0.2) is 49.6 Å². The van der Waals surface area contributed by atoms with E-state index < -0.39 is 0 Å². The van der Waals surface area contributed by atoms with Crippen LogP contribution in [0.3, 0.4) is 0 Å². The summed E-state index contributed by atoms with van der Waals surface area (Å²) in [4.78, 5) is 5.98. The molecule has 1 fully saturated rings. The van der Waals surface area contributed by atoms with Gasteiger partial charge in [0.25, 0.3) is 0 Å². The Labute approximate surface area is 103 Å². The molecule has 92 valence electrons. The summed E-state index contributed by atoms with van der Waals surface area (Å²) in [7, 11) is 3.86. The fraction of sp³-hybridized carbons (Fsp3) is 0.818. The zero-order chi connectivity index (χ0) is 11.8. The van der Waals surface area contributed by atoms with Crippen LogP contribution in [0.25, 0.3) is 0 Å². The lowest BCUT2D eigenvalue weighted by Gasteiger charge is -2.23. The van der Waals surface area contributed by atoms with E-state index in [2.05, 4.69) is 15.6 Å². The Bertz CT molecular complexity index is 234. The van der Waals surface area contributed by atoms with Crippen LogP contribution in [0.2, 0.25) is 0 Å². The van der Waals surface area contributed by atoms with Gasteiger partial charge in [0.15, 0.2) is 5.11 Å². The van der Waals surface area contributed by atoms with Gasteiger partial charge in [-0.25, -0.2) is 4.99 Å². The number of nitrogens with zero attached hydrogens (tertiary/aromatic N) is 2. The highest BCUT2D eigenvalue weighted by Gasteiger charge is 2.11. The Morgan fingerprint density at radius 2 is 2.38 bits per heavy atom. The molecule has 1 aliphatic heterocycles. The van der Waals surface area contributed by atoms with E-state index in [4.69, 9.17) is 12.2 Å². The van der Waals surface area contributed by atoms with Crippen molar-refractivity contribution in [1.29, 1.82) is 0 Å². The second-order valence-corrected chi connectivity index (χ2v) is 4.76. The van der Waals surface area contributed by atoms with Gasteiger partial charge in [-0.2, -0.15) is 0 Å². The normalized spacial score (nSPS) is 21.0. The van der Waals surface area contributed by atoms with Crippen molar-refractivity contribution in [1.82, 2.24) is 15.5 Å². The Morgan fingerprint density at radius 3 is 3.00 bits per heavy atom. The third-order valence-corrected chi connectivity index (χ3v) is 2.84. The highest BCUT2D eigenvalue weighted by atomic mass is 32.1. The summed E-state index contributed by atoms with van der Waals surface area (Å²) in [6.07, 6.45) is 6.79. The second kappa shape index (κ2) is 7.57. The molecule has 16 heavy (non-hydrogen) atoms. The molecule has 1 aliphatic rings. The predicted octanol–water partition coefficient (Wildman–Crippen LogP) is 0.983. The number of thiocarbonyl (C=S) groups is 1. The van der Waals surface area contributed by atoms with Gasteiger partial charge in [0.05, 0.1) is 6.34 Å². The molecule has 5 heteroatoms. The SMILES string of the molecule is CN(C)/C=N/C(=S)NCCC1CCCCN1. The molecule has 0 saturated carbocycles. The Morgan fingerprint density at radius 1 is 1.56 bits per heavy atom. The fourth-order valence-electron chi connectivity index (χ4n) is 1.74. The summed E-state index contributed by atoms with van der Waals surface area (Å²) in [5.41, 5.74) is 0. The molecule has 0 aromatic carbocycles. The standard InChI is InChI=1S/C11H22N4S/c1-15(2)9-14-11(16)13-8-6-10-5-3-4-7-12-10/h9-10,12H,3-8H2,1-2H3,(H,13,16)/b14-9+. The number of hydrogen-bond donors (Lipinski definition) is 2. The third kappa shape index (κ3) is 6.02. The topological polar surface area (TPSA) is 39.7 Å². The fourth-order valence-corrected chi connectivity index (χ4v) is 1.89. The molecule has 4 nitrogen and oxygen atoms in total. The van der Waals surface area contributed by atoms with Crippen LogP contribution in [0.4, 0.5) is 0 Å². The molecule has 1 heterocycles. The van der Waals surface area contributed by atoms with Crippen LogP contribution < -0.4 is 10.6 Å². The van der Waals surface area contributed by atoms with Gasteiger partial charge in [-0.1, -0.05) is 6.42 Å². The Kier molecular flexibility index (Phi) is 6.33. The van der Waals surface area contributed by atoms with E-state index in [1.54, 1.807) is 6.34 Å². The molecule has 1 saturated heterocycles. The molecule has 1 unspecified atom stereocenters. The number of hydrogen-bond acceptors (Lipinski definition) is 2. The molecule has 2 N–H and O–H groups in total. The van der Waals surface area contributed by atoms with Crippen LogP contribution in [0.15, 0.2) is 4.99 Å². The van der Waals surface area contributed by atoms with E-state index in [1.165, 1.54) is 19.3 Å². The molecular weight excluding hydrogens is 220 g/mol. The quantitative estimate of drug-likeness (QED) is 0.438. The summed E-state index contributed by atoms with van der Waals surface area (Å²) >= 11 is 5.08. The van der Waals surface area contributed by atoms with Gasteiger partial charge in [0.1, 0.15) is 0 Å². The summed E-state index contributed by atoms with van der Waals surface area (Å²) < 4.78 is 0. The monoisotopic (exact) mass is 242 g/mol. The third-order valence-electron chi connectivity index (χ3n) is 2.59. The van der Waals surface area contributed by atoms with Gasteiger partial charge in [-0.15, -0.1) is 0 Å². The molecule has 0 aromatic heterocycles. The average Bonchev–Trinajstić information content (AvgIpc) is 2.28. The zero-order valence-electron chi connectivity index (χ0n) is 10.2. The minimum absolute atomic E-state index is 0.574. The first kappa shape index (κ1) is 13.4. The van der Waals surface area contributed by atoms with E-state index in [-0.39, 0.29) is 0 Å². The van der Waals surface area contributed by atoms with Gasteiger partial charge in [-0.05, 0) is 38.0 Å². The molecule has 1 atom stereocenters. The number of rotatable bonds is 4. The number of piperidine rings is 1. The summed E-state index contributed by atoms with van der Waals surface area (Å²) in [5.74, 6) is 0. The summed E-state index contributed by atoms with van der Waals surface area (Å²) in [6.45, 7) is 2.06. The van der Waals surface area contributed by atoms with E-state index in [1.807, 2.05) is 19.0 Å². The van der Waals surface area contributed by atoms with E-state index >= 15 is 0 Å². The van der Waals surface area contributed by atoms with Crippen LogP contribution in [-0.2, 0) is 0 Å². The van der Waals surface area contributed by atoms with Gasteiger partial charge in [0, 0.05) is 26.7 Å². The molecule has 0 aromatic rings. The first-order valence-corrected chi connectivity index (χ1v) is 6.31. The predicted molar refractivity (Wildman–Crippen MR) is 73.0 cm³/mol. The molecule has 0 aliphatic carbocycles. The van der Waals surface area contributed by atoms with Crippen molar-refractivity contribution in [3.05, 3.63) is 0 Å². The van der Waals surface area contributed by atoms with E-state index in [0.29, 0.717) is 11.2 Å². The first-order valence-electron chi connectivity index (χ1n) is 5.90. The highest BCUT2D eigenvalue weighted by Crippen LogP contribution is 2.08. The van der Waals surface area contributed by atoms with Crippen molar-refractivity contribution in [3.8, 4) is 0 Å². The van der Waals surface area contributed by atoms with Crippen LogP contribution >= 0.6 is 12.2 Å². The second-order valence-electron chi connectivity index (χ2n) is 4.38. The lowest BCUT2D eigenvalue weighted by molar-refractivity contribution is 0.383. The number of aliphatic imine (C=N–C) groups is 1. The van der Waals surface area contributed by atoms with E-state index in [9.17, 15) is 0 Å². The lowest BCUT2D eigenvalue weighted by Crippen LogP contribution is -2.37. The van der Waals surface area contributed by atoms with Crippen LogP contribution in [0, 0.1) is 0 Å². The van der Waals surface area contributed by atoms with Crippen LogP contribution in [0.5, 0.6) is 0 Å². The van der Waals surface area contributed by atoms with Gasteiger partial charge in [0.2, 0.25) is 0 Å². The maximum Gasteiger partial charge on any atom is 0.194 e. The van der Waals surface area contributed by atoms with Crippen molar-refractivity contribution in [2.45, 2.75) is 31.7 Å². The molecule has 0 bridgehead atoms. The molecule has 0 radical (unpaired) electrons. The summed E-state index contributed by atoms with van der Waals surface area (Å²) in [5, 5.41) is 7.24. The van der Waals surface area contributed by atoms with Crippen molar-refractivity contribution >= 4 is 23.7 Å². The first-order chi connectivity index (χ1) is 7.68. The Balaban J connectivity index is 2.07. The maximum absolute atomic E-state index is 5.08. The average molecular weight is 242 g/mol. The number of nitrogens with one attached hydrogen (secondary N) is 2. The molecule has 1 rings (SSSR count). The van der Waals surface area contributed by atoms with Crippen molar-refractivity contribution < 1.29 is 0 Å². The van der Waals surface area contributed by atoms with Crippen molar-refractivity contribution in [2.75, 3.05) is 27.2 Å². The van der Waals surface area contributed by atoms with Gasteiger partial charge >= 0.3 is 0 Å². The summed E-state index contributed by atoms with van der Waals surface area (Å²) in [6, 6.07) is 0.655. The zero-order valence-corrected chi connectivity index (χ0v) is 11.0. The highest BCUT2D eigenvalue weighted by molar-refractivity contribution is 7.80. The van der Waals surface area contributed by atoms with Crippen molar-refractivity contribution in [2.24, 2.45) is 4.99 Å². The van der Waals surface area contributed by atoms with Gasteiger partial charge < -0.3 is 15.5 Å². The molecular formula is C11H22N4S. The van der Waals surface area contributed by atoms with Crippen molar-refractivity contribution in [3.63, 3.8) is 0 Å². The molecule has 0 amide bonds. The van der Waals surface area contributed by atoms with E-state index in [0.717, 1.165) is 19.5 Å². The smallest absolute Gasteiger partial charge is 0.194 e. The minimum Gasteiger partial charge on any atom is -0.369 e. The lowest BCUT2D eigenvalue weighted by atomic mass is 10.0. The Hall–Kier alpha value is -0.680. The minimum atomic E-state index is 0.574. The molecule has 0 spiro atoms. The van der Waals surface area contributed by atoms with Gasteiger partial charge in [-0.3, -0.25) is 0 Å². The largest absolute Gasteiger partial charge is 0.369 e. The maximum atomic E-state index is 5.08.